The molecule has 0 spiro atoms. The summed E-state index contributed by atoms with van der Waals surface area (Å²) in [6.45, 7) is 5.05. The van der Waals surface area contributed by atoms with Crippen LogP contribution in [0.1, 0.15) is 32.3 Å². The second-order valence-corrected chi connectivity index (χ2v) is 4.74. The number of nitrogens with one attached hydrogen (secondary N) is 1. The molecule has 0 radical (unpaired) electrons. The van der Waals surface area contributed by atoms with E-state index < -0.39 is 0 Å². The molecule has 0 aromatic heterocycles. The number of fused-ring (bicyclic) bond motifs is 1. The van der Waals surface area contributed by atoms with E-state index in [2.05, 4.69) is 5.32 Å². The number of rotatable bonds is 6. The average molecular weight is 263 g/mol. The van der Waals surface area contributed by atoms with Gasteiger partial charge < -0.3 is 14.8 Å². The van der Waals surface area contributed by atoms with Crippen molar-refractivity contribution >= 4 is 5.91 Å². The largest absolute Gasteiger partial charge is 0.454 e. The van der Waals surface area contributed by atoms with Crippen molar-refractivity contribution in [3.05, 3.63) is 23.8 Å². The van der Waals surface area contributed by atoms with Gasteiger partial charge in [0.05, 0.1) is 0 Å². The van der Waals surface area contributed by atoms with Crippen LogP contribution >= 0.6 is 0 Å². The Bertz CT molecular complexity index is 441. The smallest absolute Gasteiger partial charge is 0.231 e. The zero-order valence-electron chi connectivity index (χ0n) is 11.6. The van der Waals surface area contributed by atoms with Crippen molar-refractivity contribution in [3.63, 3.8) is 0 Å². The minimum Gasteiger partial charge on any atom is -0.454 e. The average Bonchev–Trinajstić information content (AvgIpc) is 2.87. The number of ether oxygens (including phenoxy) is 2. The predicted octanol–water partition coefficient (Wildman–Crippen LogP) is 2.51. The van der Waals surface area contributed by atoms with E-state index in [0.29, 0.717) is 13.3 Å². The van der Waals surface area contributed by atoms with E-state index in [1.807, 2.05) is 32.0 Å². The summed E-state index contributed by atoms with van der Waals surface area (Å²) in [4.78, 5) is 11.8. The minimum atomic E-state index is 0.136. The molecular formula is C15H21NO3. The lowest BCUT2D eigenvalue weighted by Crippen LogP contribution is -2.31. The molecule has 2 rings (SSSR count). The molecule has 104 valence electrons. The minimum absolute atomic E-state index is 0.136. The fourth-order valence-electron chi connectivity index (χ4n) is 2.23. The van der Waals surface area contributed by atoms with Gasteiger partial charge in [0.1, 0.15) is 0 Å². The molecule has 0 aliphatic carbocycles. The Kier molecular flexibility index (Phi) is 4.66. The van der Waals surface area contributed by atoms with Gasteiger partial charge in [-0.2, -0.15) is 0 Å². The molecule has 19 heavy (non-hydrogen) atoms. The summed E-state index contributed by atoms with van der Waals surface area (Å²) in [5.74, 6) is 1.89. The lowest BCUT2D eigenvalue weighted by molar-refractivity contribution is -0.125. The third-order valence-electron chi connectivity index (χ3n) is 3.51. The molecule has 0 atom stereocenters. The number of benzene rings is 1. The van der Waals surface area contributed by atoms with Gasteiger partial charge in [-0.15, -0.1) is 0 Å². The van der Waals surface area contributed by atoms with Gasteiger partial charge in [-0.1, -0.05) is 19.9 Å². The van der Waals surface area contributed by atoms with Crippen LogP contribution in [-0.4, -0.2) is 19.2 Å². The van der Waals surface area contributed by atoms with E-state index in [1.54, 1.807) is 0 Å². The van der Waals surface area contributed by atoms with Gasteiger partial charge in [0.2, 0.25) is 12.7 Å². The summed E-state index contributed by atoms with van der Waals surface area (Å²) >= 11 is 0. The van der Waals surface area contributed by atoms with Crippen molar-refractivity contribution in [1.29, 1.82) is 0 Å². The second kappa shape index (κ2) is 6.45. The van der Waals surface area contributed by atoms with E-state index >= 15 is 0 Å². The molecule has 1 heterocycles. The fourth-order valence-corrected chi connectivity index (χ4v) is 2.23. The van der Waals surface area contributed by atoms with Crippen molar-refractivity contribution in [2.24, 2.45) is 5.92 Å². The monoisotopic (exact) mass is 263 g/mol. The lowest BCUT2D eigenvalue weighted by atomic mass is 10.0. The van der Waals surface area contributed by atoms with E-state index in [1.165, 1.54) is 0 Å². The van der Waals surface area contributed by atoms with Gasteiger partial charge >= 0.3 is 0 Å². The highest BCUT2D eigenvalue weighted by atomic mass is 16.7. The standard InChI is InChI=1S/C15H21NO3/c1-3-12(4-2)15(17)16-8-7-11-5-6-13-14(9-11)19-10-18-13/h5-6,9,12H,3-4,7-8,10H2,1-2H3,(H,16,17). The summed E-state index contributed by atoms with van der Waals surface area (Å²) in [5, 5.41) is 2.99. The van der Waals surface area contributed by atoms with E-state index in [-0.39, 0.29) is 11.8 Å². The number of hydrogen-bond acceptors (Lipinski definition) is 3. The number of amides is 1. The fraction of sp³-hybridized carbons (Fsp3) is 0.533. The SMILES string of the molecule is CCC(CC)C(=O)NCCc1ccc2c(c1)OCO2. The van der Waals surface area contributed by atoms with Crippen molar-refractivity contribution in [3.8, 4) is 11.5 Å². The third-order valence-corrected chi connectivity index (χ3v) is 3.51. The van der Waals surface area contributed by atoms with E-state index in [9.17, 15) is 4.79 Å². The van der Waals surface area contributed by atoms with E-state index in [0.717, 1.165) is 36.3 Å². The van der Waals surface area contributed by atoms with Gasteiger partial charge in [0.15, 0.2) is 11.5 Å². The van der Waals surface area contributed by atoms with Crippen LogP contribution in [0.25, 0.3) is 0 Å². The zero-order chi connectivity index (χ0) is 13.7. The highest BCUT2D eigenvalue weighted by Crippen LogP contribution is 2.32. The van der Waals surface area contributed by atoms with Crippen LogP contribution in [0.15, 0.2) is 18.2 Å². The van der Waals surface area contributed by atoms with Crippen LogP contribution in [0, 0.1) is 5.92 Å². The molecule has 0 bridgehead atoms. The summed E-state index contributed by atoms with van der Waals surface area (Å²) < 4.78 is 10.6. The molecule has 1 aromatic carbocycles. The first-order valence-corrected chi connectivity index (χ1v) is 6.90. The number of carbonyl (C=O) groups is 1. The Morgan fingerprint density at radius 3 is 2.74 bits per heavy atom. The maximum Gasteiger partial charge on any atom is 0.231 e. The Morgan fingerprint density at radius 1 is 1.26 bits per heavy atom. The highest BCUT2D eigenvalue weighted by molar-refractivity contribution is 5.78. The predicted molar refractivity (Wildman–Crippen MR) is 73.4 cm³/mol. The first kappa shape index (κ1) is 13.7. The summed E-state index contributed by atoms with van der Waals surface area (Å²) in [6, 6.07) is 5.91. The topological polar surface area (TPSA) is 47.6 Å². The van der Waals surface area contributed by atoms with Crippen molar-refractivity contribution in [2.45, 2.75) is 33.1 Å². The molecule has 0 saturated heterocycles. The molecular weight excluding hydrogens is 242 g/mol. The maximum absolute atomic E-state index is 11.8. The number of hydrogen-bond donors (Lipinski definition) is 1. The Balaban J connectivity index is 1.81. The van der Waals surface area contributed by atoms with Crippen molar-refractivity contribution < 1.29 is 14.3 Å². The van der Waals surface area contributed by atoms with Crippen LogP contribution in [0.5, 0.6) is 11.5 Å². The molecule has 4 nitrogen and oxygen atoms in total. The molecule has 1 amide bonds. The van der Waals surface area contributed by atoms with Crippen molar-refractivity contribution in [2.75, 3.05) is 13.3 Å². The summed E-state index contributed by atoms with van der Waals surface area (Å²) in [7, 11) is 0. The quantitative estimate of drug-likeness (QED) is 0.858. The van der Waals surface area contributed by atoms with Gasteiger partial charge in [0.25, 0.3) is 0 Å². The molecule has 4 heteroatoms. The molecule has 0 fully saturated rings. The van der Waals surface area contributed by atoms with Crippen LogP contribution in [0.3, 0.4) is 0 Å². The normalized spacial score (nSPS) is 12.8. The molecule has 0 unspecified atom stereocenters. The van der Waals surface area contributed by atoms with Crippen LogP contribution in [0.4, 0.5) is 0 Å². The highest BCUT2D eigenvalue weighted by Gasteiger charge is 2.14. The van der Waals surface area contributed by atoms with Gasteiger partial charge in [-0.05, 0) is 37.0 Å². The van der Waals surface area contributed by atoms with E-state index in [4.69, 9.17) is 9.47 Å². The molecule has 1 aliphatic rings. The molecule has 1 aliphatic heterocycles. The summed E-state index contributed by atoms with van der Waals surface area (Å²) in [6.07, 6.45) is 2.60. The molecule has 0 saturated carbocycles. The van der Waals surface area contributed by atoms with Gasteiger partial charge in [-0.3, -0.25) is 4.79 Å². The zero-order valence-corrected chi connectivity index (χ0v) is 11.6. The molecule has 1 aromatic rings. The maximum atomic E-state index is 11.8. The van der Waals surface area contributed by atoms with Crippen molar-refractivity contribution in [1.82, 2.24) is 5.32 Å². The first-order valence-electron chi connectivity index (χ1n) is 6.90. The van der Waals surface area contributed by atoms with Gasteiger partial charge in [0, 0.05) is 12.5 Å². The third kappa shape index (κ3) is 3.40. The first-order chi connectivity index (χ1) is 9.24. The lowest BCUT2D eigenvalue weighted by Gasteiger charge is -2.12. The Hall–Kier alpha value is -1.71. The Morgan fingerprint density at radius 2 is 2.00 bits per heavy atom. The van der Waals surface area contributed by atoms with Crippen LogP contribution < -0.4 is 14.8 Å². The summed E-state index contributed by atoms with van der Waals surface area (Å²) in [5.41, 5.74) is 1.15. The van der Waals surface area contributed by atoms with Gasteiger partial charge in [-0.25, -0.2) is 0 Å². The Labute approximate surface area is 114 Å². The van der Waals surface area contributed by atoms with Crippen LogP contribution in [0.2, 0.25) is 0 Å². The second-order valence-electron chi connectivity index (χ2n) is 4.74. The molecule has 1 N–H and O–H groups in total. The number of carbonyl (C=O) groups excluding carboxylic acids is 1. The van der Waals surface area contributed by atoms with Crippen LogP contribution in [-0.2, 0) is 11.2 Å².